The predicted octanol–water partition coefficient (Wildman–Crippen LogP) is 1.12. The fourth-order valence-electron chi connectivity index (χ4n) is 1.68. The van der Waals surface area contributed by atoms with Gasteiger partial charge in [0, 0.05) is 18.7 Å². The summed E-state index contributed by atoms with van der Waals surface area (Å²) in [6.07, 6.45) is 3.06. The van der Waals surface area contributed by atoms with Crippen LogP contribution in [0.15, 0.2) is 29.2 Å². The maximum absolute atomic E-state index is 11.5. The molecule has 0 bridgehead atoms. The van der Waals surface area contributed by atoms with Crippen molar-refractivity contribution in [3.8, 4) is 0 Å². The van der Waals surface area contributed by atoms with Crippen LogP contribution in [0.1, 0.15) is 18.4 Å². The quantitative estimate of drug-likeness (QED) is 0.874. The highest BCUT2D eigenvalue weighted by Crippen LogP contribution is 2.28. The number of hydrogen-bond donors (Lipinski definition) is 1. The zero-order valence-electron chi connectivity index (χ0n) is 9.64. The second-order valence-corrected chi connectivity index (χ2v) is 6.36. The van der Waals surface area contributed by atoms with Gasteiger partial charge in [-0.25, -0.2) is 8.42 Å². The second-order valence-electron chi connectivity index (χ2n) is 4.37. The molecule has 1 aromatic carbocycles. The minimum atomic E-state index is -3.24. The highest BCUT2D eigenvalue weighted by molar-refractivity contribution is 7.90. The highest BCUT2D eigenvalue weighted by Gasteiger charge is 2.29. The first-order valence-electron chi connectivity index (χ1n) is 5.54. The van der Waals surface area contributed by atoms with Gasteiger partial charge in [0.05, 0.1) is 4.90 Å². The van der Waals surface area contributed by atoms with Crippen molar-refractivity contribution in [2.24, 2.45) is 5.92 Å². The van der Waals surface area contributed by atoms with E-state index in [9.17, 15) is 13.2 Å². The Bertz CT molecular complexity index is 532. The van der Waals surface area contributed by atoms with Crippen molar-refractivity contribution >= 4 is 15.7 Å². The third kappa shape index (κ3) is 3.06. The molecule has 1 amide bonds. The molecule has 4 nitrogen and oxygen atoms in total. The van der Waals surface area contributed by atoms with Gasteiger partial charge in [-0.1, -0.05) is 18.2 Å². The number of rotatable bonds is 4. The summed E-state index contributed by atoms with van der Waals surface area (Å²) in [5.41, 5.74) is 0.643. The average Bonchev–Trinajstić information content (AvgIpc) is 3.08. The number of amides is 1. The molecule has 1 N–H and O–H groups in total. The van der Waals surface area contributed by atoms with E-state index in [0.717, 1.165) is 12.8 Å². The summed E-state index contributed by atoms with van der Waals surface area (Å²) in [7, 11) is -3.24. The normalized spacial score (nSPS) is 15.6. The minimum Gasteiger partial charge on any atom is -0.352 e. The summed E-state index contributed by atoms with van der Waals surface area (Å²) in [5.74, 6) is 0.161. The summed E-state index contributed by atoms with van der Waals surface area (Å²) >= 11 is 0. The minimum absolute atomic E-state index is 0.0216. The molecule has 0 aromatic heterocycles. The monoisotopic (exact) mass is 253 g/mol. The van der Waals surface area contributed by atoms with Crippen LogP contribution in [-0.4, -0.2) is 20.6 Å². The number of carbonyl (C=O) groups is 1. The van der Waals surface area contributed by atoms with E-state index in [4.69, 9.17) is 0 Å². The maximum atomic E-state index is 11.5. The lowest BCUT2D eigenvalue weighted by Crippen LogP contribution is -2.25. The van der Waals surface area contributed by atoms with E-state index in [2.05, 4.69) is 5.32 Å². The van der Waals surface area contributed by atoms with Crippen LogP contribution < -0.4 is 5.32 Å². The zero-order chi connectivity index (χ0) is 12.5. The molecule has 1 aliphatic rings. The molecule has 2 rings (SSSR count). The molecule has 0 heterocycles. The van der Waals surface area contributed by atoms with Gasteiger partial charge in [-0.3, -0.25) is 4.79 Å². The third-order valence-electron chi connectivity index (χ3n) is 2.77. The van der Waals surface area contributed by atoms with Crippen molar-refractivity contribution < 1.29 is 13.2 Å². The lowest BCUT2D eigenvalue weighted by molar-refractivity contribution is -0.122. The first kappa shape index (κ1) is 12.1. The van der Waals surface area contributed by atoms with Gasteiger partial charge in [-0.2, -0.15) is 0 Å². The lowest BCUT2D eigenvalue weighted by Gasteiger charge is -2.08. The molecular formula is C12H15NO3S. The van der Waals surface area contributed by atoms with Gasteiger partial charge in [0.2, 0.25) is 5.91 Å². The van der Waals surface area contributed by atoms with Crippen LogP contribution >= 0.6 is 0 Å². The summed E-state index contributed by atoms with van der Waals surface area (Å²) in [4.78, 5) is 11.8. The fraction of sp³-hybridized carbons (Fsp3) is 0.417. The molecule has 0 unspecified atom stereocenters. The Morgan fingerprint density at radius 3 is 2.59 bits per heavy atom. The summed E-state index contributed by atoms with van der Waals surface area (Å²) in [6.45, 7) is 0.276. The lowest BCUT2D eigenvalue weighted by atomic mass is 10.2. The Morgan fingerprint density at radius 1 is 1.35 bits per heavy atom. The van der Waals surface area contributed by atoms with Crippen LogP contribution in [-0.2, 0) is 21.2 Å². The topological polar surface area (TPSA) is 63.2 Å². The van der Waals surface area contributed by atoms with Crippen molar-refractivity contribution in [1.82, 2.24) is 5.32 Å². The van der Waals surface area contributed by atoms with Gasteiger partial charge < -0.3 is 5.32 Å². The van der Waals surface area contributed by atoms with E-state index in [1.54, 1.807) is 24.3 Å². The number of carbonyl (C=O) groups excluding carboxylic acids is 1. The van der Waals surface area contributed by atoms with Crippen LogP contribution in [0.2, 0.25) is 0 Å². The van der Waals surface area contributed by atoms with Crippen molar-refractivity contribution in [3.05, 3.63) is 29.8 Å². The summed E-state index contributed by atoms with van der Waals surface area (Å²) in [6, 6.07) is 6.74. The average molecular weight is 253 g/mol. The molecular weight excluding hydrogens is 238 g/mol. The van der Waals surface area contributed by atoms with E-state index in [1.807, 2.05) is 0 Å². The van der Waals surface area contributed by atoms with Gasteiger partial charge in [-0.15, -0.1) is 0 Å². The van der Waals surface area contributed by atoms with E-state index in [1.165, 1.54) is 6.26 Å². The molecule has 1 saturated carbocycles. The van der Waals surface area contributed by atoms with Crippen LogP contribution in [0.3, 0.4) is 0 Å². The summed E-state index contributed by atoms with van der Waals surface area (Å²) < 4.78 is 23.1. The standard InChI is InChI=1S/C12H15NO3S/c1-17(15,16)11-5-3-2-4-10(11)8-13-12(14)9-6-7-9/h2-5,9H,6-8H2,1H3,(H,13,14). The Morgan fingerprint density at radius 2 is 2.00 bits per heavy atom. The molecule has 17 heavy (non-hydrogen) atoms. The molecule has 0 radical (unpaired) electrons. The molecule has 0 aliphatic heterocycles. The summed E-state index contributed by atoms with van der Waals surface area (Å²) in [5, 5.41) is 2.77. The van der Waals surface area contributed by atoms with Gasteiger partial charge in [0.1, 0.15) is 0 Å². The molecule has 0 atom stereocenters. The Kier molecular flexibility index (Phi) is 3.19. The Balaban J connectivity index is 2.12. The van der Waals surface area contributed by atoms with Gasteiger partial charge in [0.25, 0.3) is 0 Å². The predicted molar refractivity (Wildman–Crippen MR) is 64.1 cm³/mol. The molecule has 1 fully saturated rings. The highest BCUT2D eigenvalue weighted by atomic mass is 32.2. The van der Waals surface area contributed by atoms with Crippen LogP contribution in [0.4, 0.5) is 0 Å². The van der Waals surface area contributed by atoms with Gasteiger partial charge in [-0.05, 0) is 24.5 Å². The SMILES string of the molecule is CS(=O)(=O)c1ccccc1CNC(=O)C1CC1. The number of nitrogens with one attached hydrogen (secondary N) is 1. The van der Waals surface area contributed by atoms with Crippen LogP contribution in [0, 0.1) is 5.92 Å². The zero-order valence-corrected chi connectivity index (χ0v) is 10.5. The van der Waals surface area contributed by atoms with E-state index < -0.39 is 9.84 Å². The van der Waals surface area contributed by atoms with Crippen LogP contribution in [0.25, 0.3) is 0 Å². The molecule has 0 saturated heterocycles. The molecule has 92 valence electrons. The molecule has 1 aromatic rings. The first-order valence-corrected chi connectivity index (χ1v) is 7.43. The number of hydrogen-bond acceptors (Lipinski definition) is 3. The maximum Gasteiger partial charge on any atom is 0.223 e. The largest absolute Gasteiger partial charge is 0.352 e. The van der Waals surface area contributed by atoms with Crippen molar-refractivity contribution in [2.75, 3.05) is 6.26 Å². The Hall–Kier alpha value is -1.36. The van der Waals surface area contributed by atoms with Gasteiger partial charge >= 0.3 is 0 Å². The Labute approximate surface area is 101 Å². The fourth-order valence-corrected chi connectivity index (χ4v) is 2.63. The number of benzene rings is 1. The number of sulfone groups is 1. The molecule has 1 aliphatic carbocycles. The van der Waals surface area contributed by atoms with Crippen molar-refractivity contribution in [3.63, 3.8) is 0 Å². The molecule has 5 heteroatoms. The van der Waals surface area contributed by atoms with Gasteiger partial charge in [0.15, 0.2) is 9.84 Å². The van der Waals surface area contributed by atoms with Crippen molar-refractivity contribution in [2.45, 2.75) is 24.3 Å². The second kappa shape index (κ2) is 4.49. The molecule has 0 spiro atoms. The van der Waals surface area contributed by atoms with E-state index in [-0.39, 0.29) is 23.3 Å². The smallest absolute Gasteiger partial charge is 0.223 e. The van der Waals surface area contributed by atoms with Crippen molar-refractivity contribution in [1.29, 1.82) is 0 Å². The van der Waals surface area contributed by atoms with Crippen LogP contribution in [0.5, 0.6) is 0 Å². The van der Waals surface area contributed by atoms with E-state index >= 15 is 0 Å². The van der Waals surface area contributed by atoms with E-state index in [0.29, 0.717) is 5.56 Å². The first-order chi connectivity index (χ1) is 7.98. The third-order valence-corrected chi connectivity index (χ3v) is 3.97.